The molecule has 0 aromatic carbocycles. The van der Waals surface area contributed by atoms with Gasteiger partial charge in [0.25, 0.3) is 0 Å². The van der Waals surface area contributed by atoms with Crippen LogP contribution in [0.2, 0.25) is 0 Å². The van der Waals surface area contributed by atoms with Crippen molar-refractivity contribution in [1.82, 2.24) is 4.68 Å². The Morgan fingerprint density at radius 1 is 0.833 bits per heavy atom. The fourth-order valence-corrected chi connectivity index (χ4v) is 2.37. The van der Waals surface area contributed by atoms with Gasteiger partial charge in [0.05, 0.1) is 0 Å². The van der Waals surface area contributed by atoms with Gasteiger partial charge in [0.15, 0.2) is 0 Å². The zero-order valence-electron chi connectivity index (χ0n) is 12.5. The van der Waals surface area contributed by atoms with Crippen LogP contribution in [0, 0.1) is 13.8 Å². The summed E-state index contributed by atoms with van der Waals surface area (Å²) in [4.78, 5) is 0. The third-order valence-corrected chi connectivity index (χ3v) is 3.57. The number of nitrogens with one attached hydrogen (secondary N) is 1. The Kier molecular flexibility index (Phi) is 7.63. The summed E-state index contributed by atoms with van der Waals surface area (Å²) >= 11 is 0. The van der Waals surface area contributed by atoms with Crippen LogP contribution in [0.15, 0.2) is 12.1 Å². The quantitative estimate of drug-likeness (QED) is 0.591. The highest BCUT2D eigenvalue weighted by Crippen LogP contribution is 2.08. The molecule has 0 saturated carbocycles. The van der Waals surface area contributed by atoms with Gasteiger partial charge >= 0.3 is 0 Å². The summed E-state index contributed by atoms with van der Waals surface area (Å²) in [6, 6.07) is 4.33. The number of unbranched alkanes of at least 4 members (excludes halogenated alkanes) is 7. The minimum Gasteiger partial charge on any atom is -0.326 e. The van der Waals surface area contributed by atoms with Crippen molar-refractivity contribution >= 4 is 0 Å². The molecule has 1 rings (SSSR count). The Balaban J connectivity index is 1.96. The SMILES string of the molecule is CCCCCCCCCCNn1c(C)ccc1C. The number of hydrogen-bond acceptors (Lipinski definition) is 1. The first-order chi connectivity index (χ1) is 8.75. The van der Waals surface area contributed by atoms with Crippen molar-refractivity contribution < 1.29 is 0 Å². The van der Waals surface area contributed by atoms with E-state index in [1.165, 1.54) is 62.8 Å². The topological polar surface area (TPSA) is 17.0 Å². The van der Waals surface area contributed by atoms with E-state index in [0.717, 1.165) is 6.54 Å². The van der Waals surface area contributed by atoms with E-state index in [0.29, 0.717) is 0 Å². The minimum atomic E-state index is 1.09. The molecule has 0 radical (unpaired) electrons. The number of nitrogens with zero attached hydrogens (tertiary/aromatic N) is 1. The van der Waals surface area contributed by atoms with Crippen molar-refractivity contribution in [3.63, 3.8) is 0 Å². The van der Waals surface area contributed by atoms with Crippen molar-refractivity contribution in [2.45, 2.75) is 72.1 Å². The summed E-state index contributed by atoms with van der Waals surface area (Å²) in [6.07, 6.45) is 11.1. The highest BCUT2D eigenvalue weighted by molar-refractivity contribution is 5.15. The van der Waals surface area contributed by atoms with Crippen LogP contribution in [0.5, 0.6) is 0 Å². The number of rotatable bonds is 10. The van der Waals surface area contributed by atoms with Gasteiger partial charge in [0, 0.05) is 17.9 Å². The Bertz CT molecular complexity index is 295. The molecule has 0 amide bonds. The lowest BCUT2D eigenvalue weighted by molar-refractivity contribution is 0.575. The Labute approximate surface area is 113 Å². The van der Waals surface area contributed by atoms with Gasteiger partial charge in [-0.15, -0.1) is 0 Å². The van der Waals surface area contributed by atoms with Gasteiger partial charge in [0.2, 0.25) is 0 Å². The van der Waals surface area contributed by atoms with Crippen LogP contribution in [0.1, 0.15) is 69.7 Å². The Hall–Kier alpha value is -0.920. The maximum atomic E-state index is 3.49. The molecule has 0 bridgehead atoms. The van der Waals surface area contributed by atoms with E-state index in [9.17, 15) is 0 Å². The maximum Gasteiger partial charge on any atom is 0.0366 e. The van der Waals surface area contributed by atoms with E-state index in [2.05, 4.69) is 43.0 Å². The first-order valence-corrected chi connectivity index (χ1v) is 7.64. The van der Waals surface area contributed by atoms with E-state index >= 15 is 0 Å². The van der Waals surface area contributed by atoms with Crippen LogP contribution < -0.4 is 5.43 Å². The molecule has 1 N–H and O–H groups in total. The molecular formula is C16H30N2. The summed E-state index contributed by atoms with van der Waals surface area (Å²) in [5, 5.41) is 0. The molecule has 1 aromatic rings. The Morgan fingerprint density at radius 2 is 1.33 bits per heavy atom. The molecule has 2 heteroatoms. The molecule has 2 nitrogen and oxygen atoms in total. The average molecular weight is 250 g/mol. The van der Waals surface area contributed by atoms with Crippen molar-refractivity contribution in [1.29, 1.82) is 0 Å². The van der Waals surface area contributed by atoms with Gasteiger partial charge in [-0.05, 0) is 32.4 Å². The molecular weight excluding hydrogens is 220 g/mol. The lowest BCUT2D eigenvalue weighted by atomic mass is 10.1. The fourth-order valence-electron chi connectivity index (χ4n) is 2.37. The predicted octanol–water partition coefficient (Wildman–Crippen LogP) is 4.79. The van der Waals surface area contributed by atoms with Crippen LogP contribution in [-0.4, -0.2) is 11.2 Å². The third-order valence-electron chi connectivity index (χ3n) is 3.57. The zero-order valence-corrected chi connectivity index (χ0v) is 12.5. The van der Waals surface area contributed by atoms with Crippen LogP contribution in [0.3, 0.4) is 0 Å². The molecule has 0 aliphatic carbocycles. The second-order valence-corrected chi connectivity index (χ2v) is 5.33. The Morgan fingerprint density at radius 3 is 1.89 bits per heavy atom. The minimum absolute atomic E-state index is 1.09. The first kappa shape index (κ1) is 15.1. The summed E-state index contributed by atoms with van der Waals surface area (Å²) in [5.74, 6) is 0. The normalized spacial score (nSPS) is 10.8. The lowest BCUT2D eigenvalue weighted by Gasteiger charge is -2.12. The molecule has 104 valence electrons. The molecule has 18 heavy (non-hydrogen) atoms. The van der Waals surface area contributed by atoms with Gasteiger partial charge in [0.1, 0.15) is 0 Å². The van der Waals surface area contributed by atoms with E-state index in [4.69, 9.17) is 0 Å². The summed E-state index contributed by atoms with van der Waals surface area (Å²) in [6.45, 7) is 7.66. The van der Waals surface area contributed by atoms with Crippen molar-refractivity contribution in [3.8, 4) is 0 Å². The molecule has 0 unspecified atom stereocenters. The molecule has 0 aliphatic rings. The molecule has 1 heterocycles. The van der Waals surface area contributed by atoms with Gasteiger partial charge in [-0.25, -0.2) is 0 Å². The lowest BCUT2D eigenvalue weighted by Crippen LogP contribution is -2.18. The predicted molar refractivity (Wildman–Crippen MR) is 80.7 cm³/mol. The number of aromatic nitrogens is 1. The molecule has 1 aromatic heterocycles. The smallest absolute Gasteiger partial charge is 0.0366 e. The van der Waals surface area contributed by atoms with Gasteiger partial charge in [-0.3, -0.25) is 4.68 Å². The van der Waals surface area contributed by atoms with Crippen molar-refractivity contribution in [2.75, 3.05) is 12.0 Å². The standard InChI is InChI=1S/C16H30N2/c1-4-5-6-7-8-9-10-11-14-17-18-15(2)12-13-16(18)3/h12-13,17H,4-11,14H2,1-3H3. The highest BCUT2D eigenvalue weighted by atomic mass is 15.4. The third kappa shape index (κ3) is 5.61. The van der Waals surface area contributed by atoms with Crippen molar-refractivity contribution in [3.05, 3.63) is 23.5 Å². The van der Waals surface area contributed by atoms with Crippen LogP contribution in [-0.2, 0) is 0 Å². The molecule has 0 fully saturated rings. The van der Waals surface area contributed by atoms with Crippen LogP contribution in [0.25, 0.3) is 0 Å². The number of hydrogen-bond donors (Lipinski definition) is 1. The van der Waals surface area contributed by atoms with Gasteiger partial charge in [-0.2, -0.15) is 0 Å². The molecule has 0 saturated heterocycles. The molecule has 0 aliphatic heterocycles. The van der Waals surface area contributed by atoms with Crippen molar-refractivity contribution in [2.24, 2.45) is 0 Å². The van der Waals surface area contributed by atoms with Gasteiger partial charge < -0.3 is 5.43 Å². The van der Waals surface area contributed by atoms with E-state index in [1.54, 1.807) is 0 Å². The largest absolute Gasteiger partial charge is 0.326 e. The van der Waals surface area contributed by atoms with Crippen LogP contribution in [0.4, 0.5) is 0 Å². The maximum absolute atomic E-state index is 3.49. The average Bonchev–Trinajstić information content (AvgIpc) is 2.68. The molecule has 0 spiro atoms. The monoisotopic (exact) mass is 250 g/mol. The first-order valence-electron chi connectivity index (χ1n) is 7.64. The van der Waals surface area contributed by atoms with Crippen LogP contribution >= 0.6 is 0 Å². The van der Waals surface area contributed by atoms with E-state index in [-0.39, 0.29) is 0 Å². The second kappa shape index (κ2) is 9.07. The summed E-state index contributed by atoms with van der Waals surface area (Å²) in [5.41, 5.74) is 6.09. The number of aryl methyl sites for hydroxylation is 2. The highest BCUT2D eigenvalue weighted by Gasteiger charge is 1.98. The second-order valence-electron chi connectivity index (χ2n) is 5.33. The van der Waals surface area contributed by atoms with E-state index < -0.39 is 0 Å². The van der Waals surface area contributed by atoms with E-state index in [1.807, 2.05) is 0 Å². The summed E-state index contributed by atoms with van der Waals surface area (Å²) < 4.78 is 2.20. The molecule has 0 atom stereocenters. The van der Waals surface area contributed by atoms with Gasteiger partial charge in [-0.1, -0.05) is 51.9 Å². The zero-order chi connectivity index (χ0) is 13.2. The summed E-state index contributed by atoms with van der Waals surface area (Å²) in [7, 11) is 0. The fraction of sp³-hybridized carbons (Fsp3) is 0.750.